The zero-order valence-electron chi connectivity index (χ0n) is 22.8. The zero-order valence-corrected chi connectivity index (χ0v) is 22.8. The van der Waals surface area contributed by atoms with Gasteiger partial charge in [-0.25, -0.2) is 4.79 Å². The van der Waals surface area contributed by atoms with Gasteiger partial charge < -0.3 is 15.4 Å². The molecule has 0 unspecified atom stereocenters. The molecule has 0 saturated carbocycles. The molecule has 0 bridgehead atoms. The Bertz CT molecular complexity index is 938. The van der Waals surface area contributed by atoms with Crippen molar-refractivity contribution in [3.05, 3.63) is 60.2 Å². The molecule has 0 spiro atoms. The molecule has 2 aromatic carbocycles. The lowest BCUT2D eigenvalue weighted by Gasteiger charge is -2.19. The molecule has 0 aliphatic heterocycles. The molecule has 0 fully saturated rings. The Hall–Kier alpha value is -3.22. The molecule has 0 heterocycles. The highest BCUT2D eigenvalue weighted by Gasteiger charge is 2.15. The van der Waals surface area contributed by atoms with Gasteiger partial charge >= 0.3 is 6.09 Å². The third-order valence-corrected chi connectivity index (χ3v) is 5.72. The van der Waals surface area contributed by atoms with Crippen LogP contribution in [0.3, 0.4) is 0 Å². The number of amides is 2. The van der Waals surface area contributed by atoms with Crippen LogP contribution in [0.2, 0.25) is 0 Å². The monoisotopic (exact) mass is 508 g/mol. The number of benzene rings is 2. The normalized spacial score (nSPS) is 11.4. The minimum absolute atomic E-state index is 0.0483. The van der Waals surface area contributed by atoms with E-state index in [0.29, 0.717) is 18.7 Å². The van der Waals surface area contributed by atoms with Gasteiger partial charge in [0, 0.05) is 18.7 Å². The molecule has 0 aliphatic rings. The van der Waals surface area contributed by atoms with Gasteiger partial charge in [-0.2, -0.15) is 10.2 Å². The van der Waals surface area contributed by atoms with Crippen molar-refractivity contribution >= 4 is 23.4 Å². The predicted molar refractivity (Wildman–Crippen MR) is 150 cm³/mol. The molecule has 7 heteroatoms. The van der Waals surface area contributed by atoms with Gasteiger partial charge in [0.2, 0.25) is 0 Å². The van der Waals surface area contributed by atoms with Gasteiger partial charge in [0.1, 0.15) is 5.60 Å². The number of hydrogen-bond donors (Lipinski definition) is 2. The highest BCUT2D eigenvalue weighted by atomic mass is 16.6. The number of nitrogens with zero attached hydrogens (tertiary/aromatic N) is 2. The summed E-state index contributed by atoms with van der Waals surface area (Å²) in [6.45, 7) is 6.99. The highest BCUT2D eigenvalue weighted by Crippen LogP contribution is 2.18. The Morgan fingerprint density at radius 1 is 0.649 bits per heavy atom. The van der Waals surface area contributed by atoms with E-state index in [1.807, 2.05) is 63.2 Å². The van der Waals surface area contributed by atoms with Crippen LogP contribution in [0.25, 0.3) is 0 Å². The molecule has 2 N–H and O–H groups in total. The van der Waals surface area contributed by atoms with E-state index >= 15 is 0 Å². The van der Waals surface area contributed by atoms with Crippen LogP contribution in [0, 0.1) is 0 Å². The van der Waals surface area contributed by atoms with Crippen molar-refractivity contribution in [3.8, 4) is 0 Å². The Balaban J connectivity index is 1.41. The van der Waals surface area contributed by atoms with E-state index in [2.05, 4.69) is 20.9 Å². The van der Waals surface area contributed by atoms with Crippen molar-refractivity contribution in [2.45, 2.75) is 90.6 Å². The number of carbonyl (C=O) groups is 2. The van der Waals surface area contributed by atoms with E-state index in [1.165, 1.54) is 38.5 Å². The lowest BCUT2D eigenvalue weighted by Crippen LogP contribution is -2.32. The quantitative estimate of drug-likeness (QED) is 0.177. The molecule has 2 amide bonds. The average Bonchev–Trinajstić information content (AvgIpc) is 2.87. The predicted octanol–water partition coefficient (Wildman–Crippen LogP) is 8.26. The Morgan fingerprint density at radius 2 is 1.11 bits per heavy atom. The van der Waals surface area contributed by atoms with Gasteiger partial charge in [-0.3, -0.25) is 4.79 Å². The maximum absolute atomic E-state index is 12.3. The summed E-state index contributed by atoms with van der Waals surface area (Å²) >= 11 is 0. The van der Waals surface area contributed by atoms with Crippen molar-refractivity contribution in [2.75, 3.05) is 13.1 Å². The molecule has 2 aromatic rings. The maximum atomic E-state index is 12.3. The number of azo groups is 1. The lowest BCUT2D eigenvalue weighted by atomic mass is 10.1. The van der Waals surface area contributed by atoms with Gasteiger partial charge in [-0.05, 0) is 70.0 Å². The molecule has 0 radical (unpaired) electrons. The fourth-order valence-corrected chi connectivity index (χ4v) is 3.76. The van der Waals surface area contributed by atoms with Crippen LogP contribution in [-0.4, -0.2) is 30.7 Å². The number of alkyl carbamates (subject to hydrolysis) is 1. The van der Waals surface area contributed by atoms with Crippen LogP contribution < -0.4 is 10.6 Å². The molecule has 37 heavy (non-hydrogen) atoms. The summed E-state index contributed by atoms with van der Waals surface area (Å²) in [4.78, 5) is 23.9. The van der Waals surface area contributed by atoms with Gasteiger partial charge in [0.05, 0.1) is 11.4 Å². The molecule has 0 aromatic heterocycles. The van der Waals surface area contributed by atoms with Crippen molar-refractivity contribution in [3.63, 3.8) is 0 Å². The van der Waals surface area contributed by atoms with Crippen molar-refractivity contribution < 1.29 is 14.3 Å². The summed E-state index contributed by atoms with van der Waals surface area (Å²) < 4.78 is 5.22. The summed E-state index contributed by atoms with van der Waals surface area (Å²) in [6.07, 6.45) is 11.4. The van der Waals surface area contributed by atoms with E-state index in [-0.39, 0.29) is 12.0 Å². The second-order valence-electron chi connectivity index (χ2n) is 10.3. The van der Waals surface area contributed by atoms with E-state index in [1.54, 1.807) is 12.1 Å². The standard InChI is InChI=1S/C30H44N4O3/c1-30(2,3)37-29(36)32-24-16-11-9-7-5-4-6-8-10-15-23-31-28(35)25-19-21-27(22-20-25)34-33-26-17-13-12-14-18-26/h12-14,17-22H,4-11,15-16,23-24H2,1-3H3,(H,31,35)(H,32,36). The topological polar surface area (TPSA) is 92.2 Å². The molecular weight excluding hydrogens is 464 g/mol. The van der Waals surface area contributed by atoms with Crippen LogP contribution in [0.15, 0.2) is 64.8 Å². The Kier molecular flexibility index (Phi) is 14.0. The van der Waals surface area contributed by atoms with Gasteiger partial charge in [0.25, 0.3) is 5.91 Å². The van der Waals surface area contributed by atoms with Crippen LogP contribution in [0.1, 0.15) is 95.3 Å². The number of rotatable bonds is 16. The molecule has 0 aliphatic carbocycles. The average molecular weight is 509 g/mol. The number of carbonyl (C=O) groups excluding carboxylic acids is 2. The largest absolute Gasteiger partial charge is 0.444 e. The van der Waals surface area contributed by atoms with E-state index < -0.39 is 5.60 Å². The first kappa shape index (κ1) is 30.0. The van der Waals surface area contributed by atoms with E-state index in [4.69, 9.17) is 4.74 Å². The van der Waals surface area contributed by atoms with Gasteiger partial charge in [-0.15, -0.1) is 0 Å². The van der Waals surface area contributed by atoms with Gasteiger partial charge in [-0.1, -0.05) is 69.6 Å². The van der Waals surface area contributed by atoms with Crippen LogP contribution in [-0.2, 0) is 4.74 Å². The number of hydrogen-bond acceptors (Lipinski definition) is 5. The summed E-state index contributed by atoms with van der Waals surface area (Å²) in [5.74, 6) is -0.0483. The molecule has 202 valence electrons. The van der Waals surface area contributed by atoms with Crippen LogP contribution in [0.5, 0.6) is 0 Å². The minimum atomic E-state index is -0.442. The summed E-state index contributed by atoms with van der Waals surface area (Å²) in [7, 11) is 0. The lowest BCUT2D eigenvalue weighted by molar-refractivity contribution is 0.0526. The van der Waals surface area contributed by atoms with Crippen molar-refractivity contribution in [1.29, 1.82) is 0 Å². The smallest absolute Gasteiger partial charge is 0.407 e. The molecule has 0 saturated heterocycles. The van der Waals surface area contributed by atoms with E-state index in [9.17, 15) is 9.59 Å². The SMILES string of the molecule is CC(C)(C)OC(=O)NCCCCCCCCCCCCNC(=O)c1ccc(N=Nc2ccccc2)cc1. The highest BCUT2D eigenvalue weighted by molar-refractivity contribution is 5.94. The Labute approximate surface area is 222 Å². The van der Waals surface area contributed by atoms with Gasteiger partial charge in [0.15, 0.2) is 0 Å². The van der Waals surface area contributed by atoms with Crippen molar-refractivity contribution in [1.82, 2.24) is 10.6 Å². The minimum Gasteiger partial charge on any atom is -0.444 e. The summed E-state index contributed by atoms with van der Waals surface area (Å²) in [5.41, 5.74) is 1.71. The van der Waals surface area contributed by atoms with Crippen LogP contribution in [0.4, 0.5) is 16.2 Å². The van der Waals surface area contributed by atoms with Crippen molar-refractivity contribution in [2.24, 2.45) is 10.2 Å². The fourth-order valence-electron chi connectivity index (χ4n) is 3.76. The third-order valence-electron chi connectivity index (χ3n) is 5.72. The van der Waals surface area contributed by atoms with E-state index in [0.717, 1.165) is 37.1 Å². The molecule has 0 atom stereocenters. The maximum Gasteiger partial charge on any atom is 0.407 e. The number of unbranched alkanes of at least 4 members (excludes halogenated alkanes) is 9. The summed E-state index contributed by atoms with van der Waals surface area (Å²) in [6, 6.07) is 16.7. The first-order valence-corrected chi connectivity index (χ1v) is 13.7. The molecular formula is C30H44N4O3. The third kappa shape index (κ3) is 14.8. The Morgan fingerprint density at radius 3 is 1.62 bits per heavy atom. The molecule has 2 rings (SSSR count). The second kappa shape index (κ2) is 17.3. The number of ether oxygens (including phenoxy) is 1. The second-order valence-corrected chi connectivity index (χ2v) is 10.3. The number of nitrogens with one attached hydrogen (secondary N) is 2. The van der Waals surface area contributed by atoms with Crippen LogP contribution >= 0.6 is 0 Å². The molecule has 7 nitrogen and oxygen atoms in total. The summed E-state index contributed by atoms with van der Waals surface area (Å²) in [5, 5.41) is 14.2. The zero-order chi connectivity index (χ0) is 26.8. The first-order chi connectivity index (χ1) is 17.8. The first-order valence-electron chi connectivity index (χ1n) is 13.7. The fraction of sp³-hybridized carbons (Fsp3) is 0.533.